The molecule has 1 aromatic carbocycles. The summed E-state index contributed by atoms with van der Waals surface area (Å²) < 4.78 is 23.0. The van der Waals surface area contributed by atoms with Crippen molar-refractivity contribution in [2.45, 2.75) is 18.7 Å². The van der Waals surface area contributed by atoms with E-state index in [9.17, 15) is 13.2 Å². The summed E-state index contributed by atoms with van der Waals surface area (Å²) in [6.07, 6.45) is 3.91. The molecule has 0 heterocycles. The van der Waals surface area contributed by atoms with Crippen molar-refractivity contribution in [3.63, 3.8) is 0 Å². The quantitative estimate of drug-likeness (QED) is 0.846. The first-order chi connectivity index (χ1) is 8.41. The van der Waals surface area contributed by atoms with Crippen LogP contribution in [0.5, 0.6) is 0 Å². The minimum Gasteiger partial charge on any atom is -0.297 e. The summed E-state index contributed by atoms with van der Waals surface area (Å²) in [6, 6.07) is 4.50. The molecular formula is C13H15NO3S. The summed E-state index contributed by atoms with van der Waals surface area (Å²) in [5.74, 6) is -0.442. The van der Waals surface area contributed by atoms with Crippen LogP contribution in [0.25, 0.3) is 6.08 Å². The van der Waals surface area contributed by atoms with E-state index < -0.39 is 15.6 Å². The van der Waals surface area contributed by atoms with Gasteiger partial charge in [-0.2, -0.15) is 0 Å². The van der Waals surface area contributed by atoms with Gasteiger partial charge >= 0.3 is 0 Å². The Balaban J connectivity index is 0.000000771. The fourth-order valence-electron chi connectivity index (χ4n) is 1.62. The molecule has 0 fully saturated rings. The van der Waals surface area contributed by atoms with E-state index >= 15 is 0 Å². The van der Waals surface area contributed by atoms with Crippen molar-refractivity contribution in [1.29, 1.82) is 5.41 Å². The minimum atomic E-state index is -3.36. The van der Waals surface area contributed by atoms with E-state index in [-0.39, 0.29) is 16.2 Å². The molecule has 1 N–H and O–H groups in total. The van der Waals surface area contributed by atoms with Crippen LogP contribution in [0, 0.1) is 5.41 Å². The lowest BCUT2D eigenvalue weighted by Crippen LogP contribution is -2.17. The third kappa shape index (κ3) is 2.56. The molecule has 18 heavy (non-hydrogen) atoms. The molecule has 0 bridgehead atoms. The maximum Gasteiger partial charge on any atom is 0.211 e. The number of carbonyl (C=O) groups excluding carboxylic acids is 1. The van der Waals surface area contributed by atoms with Crippen LogP contribution in [0.3, 0.4) is 0 Å². The zero-order valence-electron chi connectivity index (χ0n) is 10.5. The first-order valence-corrected chi connectivity index (χ1v) is 7.45. The molecule has 0 amide bonds. The van der Waals surface area contributed by atoms with Gasteiger partial charge in [-0.1, -0.05) is 32.1 Å². The Morgan fingerprint density at radius 3 is 2.28 bits per heavy atom. The third-order valence-electron chi connectivity index (χ3n) is 2.37. The van der Waals surface area contributed by atoms with Gasteiger partial charge in [-0.25, -0.2) is 8.42 Å². The zero-order valence-corrected chi connectivity index (χ0v) is 11.3. The van der Waals surface area contributed by atoms with Crippen LogP contribution < -0.4 is 0 Å². The van der Waals surface area contributed by atoms with Gasteiger partial charge in [0.2, 0.25) is 5.78 Å². The smallest absolute Gasteiger partial charge is 0.211 e. The van der Waals surface area contributed by atoms with E-state index in [0.717, 1.165) is 6.26 Å². The number of nitrogens with one attached hydrogen (secondary N) is 1. The van der Waals surface area contributed by atoms with Crippen molar-refractivity contribution in [3.8, 4) is 0 Å². The average molecular weight is 265 g/mol. The molecule has 1 aliphatic carbocycles. The molecule has 4 nitrogen and oxygen atoms in total. The topological polar surface area (TPSA) is 75.1 Å². The average Bonchev–Trinajstić information content (AvgIpc) is 2.35. The lowest BCUT2D eigenvalue weighted by Gasteiger charge is -2.12. The van der Waals surface area contributed by atoms with Gasteiger partial charge in [0.1, 0.15) is 5.71 Å². The number of sulfone groups is 1. The van der Waals surface area contributed by atoms with E-state index in [1.165, 1.54) is 30.4 Å². The number of hydrogen-bond acceptors (Lipinski definition) is 4. The summed E-state index contributed by atoms with van der Waals surface area (Å²) in [4.78, 5) is 11.8. The predicted octanol–water partition coefficient (Wildman–Crippen LogP) is 2.35. The van der Waals surface area contributed by atoms with Crippen LogP contribution in [-0.2, 0) is 9.84 Å². The highest BCUT2D eigenvalue weighted by Crippen LogP contribution is 2.25. The Labute approximate surface area is 107 Å². The number of rotatable bonds is 1. The van der Waals surface area contributed by atoms with Crippen LogP contribution in [-0.4, -0.2) is 26.2 Å². The Kier molecular flexibility index (Phi) is 4.19. The van der Waals surface area contributed by atoms with E-state index in [1.54, 1.807) is 0 Å². The van der Waals surface area contributed by atoms with Crippen LogP contribution in [0.4, 0.5) is 0 Å². The monoisotopic (exact) mass is 265 g/mol. The van der Waals surface area contributed by atoms with E-state index in [0.29, 0.717) is 5.56 Å². The van der Waals surface area contributed by atoms with Gasteiger partial charge in [0.15, 0.2) is 9.84 Å². The standard InChI is InChI=1S/C11H9NO3S.C2H6/c1-16(14,15)10-4-2-3-8-7(10)5-6-9(12)11(8)13;1-2/h2-6,12H,1H3;1-2H3. The van der Waals surface area contributed by atoms with Crippen LogP contribution in [0.1, 0.15) is 29.8 Å². The summed E-state index contributed by atoms with van der Waals surface area (Å²) in [7, 11) is -3.36. The van der Waals surface area contributed by atoms with Gasteiger partial charge < -0.3 is 0 Å². The molecule has 1 aromatic rings. The normalized spacial score (nSPS) is 13.7. The number of Topliss-reactive ketones (excluding diaryl/α,β-unsaturated/α-hetero) is 1. The summed E-state index contributed by atoms with van der Waals surface area (Å²) in [5, 5.41) is 7.37. The Morgan fingerprint density at radius 1 is 1.11 bits per heavy atom. The molecule has 0 unspecified atom stereocenters. The molecule has 0 spiro atoms. The fraction of sp³-hybridized carbons (Fsp3) is 0.231. The Bertz CT molecular complexity index is 628. The highest BCUT2D eigenvalue weighted by Gasteiger charge is 2.23. The Morgan fingerprint density at radius 2 is 1.72 bits per heavy atom. The molecule has 1 aliphatic rings. The molecule has 0 aliphatic heterocycles. The summed E-state index contributed by atoms with van der Waals surface area (Å²) in [5.41, 5.74) is 0.527. The molecule has 0 radical (unpaired) electrons. The lowest BCUT2D eigenvalue weighted by molar-refractivity contribution is 0.106. The second kappa shape index (κ2) is 5.27. The molecule has 0 atom stereocenters. The number of allylic oxidation sites excluding steroid dienone is 1. The maximum absolute atomic E-state index is 11.6. The highest BCUT2D eigenvalue weighted by atomic mass is 32.2. The number of fused-ring (bicyclic) bond motifs is 1. The number of ketones is 1. The second-order valence-electron chi connectivity index (χ2n) is 3.57. The van der Waals surface area contributed by atoms with Gasteiger partial charge in [0.05, 0.1) is 4.90 Å². The lowest BCUT2D eigenvalue weighted by atomic mass is 9.95. The van der Waals surface area contributed by atoms with Crippen LogP contribution >= 0.6 is 0 Å². The van der Waals surface area contributed by atoms with E-state index in [1.807, 2.05) is 13.8 Å². The first-order valence-electron chi connectivity index (χ1n) is 5.55. The molecule has 2 rings (SSSR count). The van der Waals surface area contributed by atoms with Gasteiger partial charge in [-0.3, -0.25) is 10.2 Å². The number of carbonyl (C=O) groups is 1. The van der Waals surface area contributed by atoms with Crippen molar-refractivity contribution >= 4 is 27.4 Å². The maximum atomic E-state index is 11.6. The Hall–Kier alpha value is -1.75. The third-order valence-corrected chi connectivity index (χ3v) is 3.53. The van der Waals surface area contributed by atoms with Crippen LogP contribution in [0.15, 0.2) is 29.2 Å². The van der Waals surface area contributed by atoms with Crippen molar-refractivity contribution in [2.75, 3.05) is 6.26 Å². The summed E-state index contributed by atoms with van der Waals surface area (Å²) >= 11 is 0. The van der Waals surface area contributed by atoms with E-state index in [2.05, 4.69) is 0 Å². The van der Waals surface area contributed by atoms with Gasteiger partial charge in [0, 0.05) is 17.4 Å². The van der Waals surface area contributed by atoms with Crippen molar-refractivity contribution in [2.24, 2.45) is 0 Å². The molecule has 96 valence electrons. The predicted molar refractivity (Wildman–Crippen MR) is 72.0 cm³/mol. The van der Waals surface area contributed by atoms with E-state index in [4.69, 9.17) is 5.41 Å². The molecular weight excluding hydrogens is 250 g/mol. The zero-order chi connectivity index (χ0) is 13.9. The van der Waals surface area contributed by atoms with Crippen molar-refractivity contribution in [1.82, 2.24) is 0 Å². The largest absolute Gasteiger partial charge is 0.297 e. The fourth-order valence-corrected chi connectivity index (χ4v) is 2.53. The molecule has 0 saturated heterocycles. The molecule has 0 saturated carbocycles. The minimum absolute atomic E-state index is 0.127. The van der Waals surface area contributed by atoms with Gasteiger partial charge in [-0.15, -0.1) is 0 Å². The SMILES string of the molecule is CC.CS(=O)(=O)c1cccc2c1C=CC(=N)C2=O. The van der Waals surface area contributed by atoms with Crippen molar-refractivity contribution in [3.05, 3.63) is 35.4 Å². The van der Waals surface area contributed by atoms with Gasteiger partial charge in [-0.05, 0) is 12.1 Å². The van der Waals surface area contributed by atoms with Crippen LogP contribution in [0.2, 0.25) is 0 Å². The molecule has 0 aromatic heterocycles. The summed E-state index contributed by atoms with van der Waals surface area (Å²) in [6.45, 7) is 4.00. The number of benzene rings is 1. The molecule has 5 heteroatoms. The second-order valence-corrected chi connectivity index (χ2v) is 5.55. The number of hydrogen-bond donors (Lipinski definition) is 1. The van der Waals surface area contributed by atoms with Crippen molar-refractivity contribution < 1.29 is 13.2 Å². The highest BCUT2D eigenvalue weighted by molar-refractivity contribution is 7.90. The van der Waals surface area contributed by atoms with Gasteiger partial charge in [0.25, 0.3) is 0 Å². The first kappa shape index (κ1) is 14.3.